The summed E-state index contributed by atoms with van der Waals surface area (Å²) < 4.78 is 9.67. The molecule has 0 saturated carbocycles. The van der Waals surface area contributed by atoms with Crippen molar-refractivity contribution in [3.8, 4) is 5.75 Å². The first-order chi connectivity index (χ1) is 11.1. The van der Waals surface area contributed by atoms with Gasteiger partial charge >= 0.3 is 5.97 Å². The minimum atomic E-state index is -0.482. The summed E-state index contributed by atoms with van der Waals surface area (Å²) in [6.45, 7) is 0.492. The highest BCUT2D eigenvalue weighted by Crippen LogP contribution is 2.11. The Labute approximate surface area is 134 Å². The number of hydrogen-bond donors (Lipinski definition) is 1. The van der Waals surface area contributed by atoms with Crippen LogP contribution in [0.25, 0.3) is 0 Å². The number of ether oxygens (including phenoxy) is 2. The number of nitrogens with zero attached hydrogens (tertiary/aromatic N) is 1. The van der Waals surface area contributed by atoms with Crippen molar-refractivity contribution >= 4 is 11.9 Å². The molecule has 23 heavy (non-hydrogen) atoms. The largest absolute Gasteiger partial charge is 0.497 e. The van der Waals surface area contributed by atoms with E-state index < -0.39 is 5.97 Å². The van der Waals surface area contributed by atoms with Gasteiger partial charge in [-0.05, 0) is 36.2 Å². The SMILES string of the molecule is COC(=O)c1ccc(C(=O)NCCc2ccc(OC)cc2)nc1. The molecule has 0 spiro atoms. The van der Waals surface area contributed by atoms with Crippen molar-refractivity contribution in [3.63, 3.8) is 0 Å². The van der Waals surface area contributed by atoms with Gasteiger partial charge in [0.15, 0.2) is 0 Å². The van der Waals surface area contributed by atoms with Crippen LogP contribution in [-0.4, -0.2) is 37.6 Å². The fourth-order valence-corrected chi connectivity index (χ4v) is 1.97. The maximum absolute atomic E-state index is 12.0. The zero-order chi connectivity index (χ0) is 16.7. The summed E-state index contributed by atoms with van der Waals surface area (Å²) >= 11 is 0. The lowest BCUT2D eigenvalue weighted by atomic mass is 10.1. The lowest BCUT2D eigenvalue weighted by Gasteiger charge is -2.06. The summed E-state index contributed by atoms with van der Waals surface area (Å²) in [7, 11) is 2.91. The Bertz CT molecular complexity index is 666. The van der Waals surface area contributed by atoms with Gasteiger partial charge in [-0.15, -0.1) is 0 Å². The van der Waals surface area contributed by atoms with Crippen LogP contribution in [0.3, 0.4) is 0 Å². The molecule has 0 bridgehead atoms. The highest BCUT2D eigenvalue weighted by molar-refractivity contribution is 5.94. The highest BCUT2D eigenvalue weighted by atomic mass is 16.5. The van der Waals surface area contributed by atoms with E-state index >= 15 is 0 Å². The van der Waals surface area contributed by atoms with Gasteiger partial charge in [0.25, 0.3) is 5.91 Å². The Morgan fingerprint density at radius 3 is 2.39 bits per heavy atom. The Kier molecular flexibility index (Phi) is 5.68. The standard InChI is InChI=1S/C17H18N2O4/c1-22-14-6-3-12(4-7-14)9-10-18-16(20)15-8-5-13(11-19-15)17(21)23-2/h3-8,11H,9-10H2,1-2H3,(H,18,20). The third-order valence-electron chi connectivity index (χ3n) is 3.28. The molecule has 0 saturated heterocycles. The number of hydrogen-bond acceptors (Lipinski definition) is 5. The zero-order valence-corrected chi connectivity index (χ0v) is 13.0. The summed E-state index contributed by atoms with van der Waals surface area (Å²) in [6, 6.07) is 10.7. The van der Waals surface area contributed by atoms with E-state index in [9.17, 15) is 9.59 Å². The molecule has 6 nitrogen and oxygen atoms in total. The third kappa shape index (κ3) is 4.54. The number of esters is 1. The molecule has 1 N–H and O–H groups in total. The van der Waals surface area contributed by atoms with Crippen molar-refractivity contribution in [2.45, 2.75) is 6.42 Å². The van der Waals surface area contributed by atoms with Crippen molar-refractivity contribution in [2.24, 2.45) is 0 Å². The minimum Gasteiger partial charge on any atom is -0.497 e. The fraction of sp³-hybridized carbons (Fsp3) is 0.235. The summed E-state index contributed by atoms with van der Waals surface area (Å²) in [5.74, 6) is 0.0339. The quantitative estimate of drug-likeness (QED) is 0.823. The molecule has 0 radical (unpaired) electrons. The second kappa shape index (κ2) is 7.93. The van der Waals surface area contributed by atoms with E-state index in [1.807, 2.05) is 24.3 Å². The van der Waals surface area contributed by atoms with Gasteiger partial charge in [-0.1, -0.05) is 12.1 Å². The Balaban J connectivity index is 1.85. The van der Waals surface area contributed by atoms with Crippen molar-refractivity contribution < 1.29 is 19.1 Å². The van der Waals surface area contributed by atoms with Crippen LogP contribution in [0.4, 0.5) is 0 Å². The molecule has 1 aromatic heterocycles. The molecular formula is C17H18N2O4. The predicted molar refractivity (Wildman–Crippen MR) is 84.6 cm³/mol. The van der Waals surface area contributed by atoms with Crippen LogP contribution in [0.5, 0.6) is 5.75 Å². The van der Waals surface area contributed by atoms with E-state index in [-0.39, 0.29) is 11.6 Å². The van der Waals surface area contributed by atoms with Crippen LogP contribution in [-0.2, 0) is 11.2 Å². The number of carbonyl (C=O) groups is 2. The molecule has 0 aliphatic heterocycles. The Morgan fingerprint density at radius 2 is 1.83 bits per heavy atom. The monoisotopic (exact) mass is 314 g/mol. The number of benzene rings is 1. The maximum atomic E-state index is 12.0. The first-order valence-corrected chi connectivity index (χ1v) is 7.09. The fourth-order valence-electron chi connectivity index (χ4n) is 1.97. The molecule has 2 aromatic rings. The number of aromatic nitrogens is 1. The van der Waals surface area contributed by atoms with E-state index in [4.69, 9.17) is 4.74 Å². The number of methoxy groups -OCH3 is 2. The van der Waals surface area contributed by atoms with Gasteiger partial charge in [0, 0.05) is 12.7 Å². The van der Waals surface area contributed by atoms with E-state index in [0.29, 0.717) is 18.5 Å². The molecule has 120 valence electrons. The second-order valence-electron chi connectivity index (χ2n) is 4.78. The van der Waals surface area contributed by atoms with Crippen LogP contribution in [0, 0.1) is 0 Å². The van der Waals surface area contributed by atoms with Crippen molar-refractivity contribution in [3.05, 3.63) is 59.4 Å². The van der Waals surface area contributed by atoms with Crippen LogP contribution in [0.15, 0.2) is 42.6 Å². The normalized spacial score (nSPS) is 10.0. The molecule has 0 fully saturated rings. The number of nitrogens with one attached hydrogen (secondary N) is 1. The van der Waals surface area contributed by atoms with Gasteiger partial charge in [0.1, 0.15) is 11.4 Å². The Hall–Kier alpha value is -2.89. The first-order valence-electron chi connectivity index (χ1n) is 7.09. The van der Waals surface area contributed by atoms with E-state index in [0.717, 1.165) is 11.3 Å². The van der Waals surface area contributed by atoms with Crippen molar-refractivity contribution in [1.82, 2.24) is 10.3 Å². The molecule has 2 rings (SSSR count). The smallest absolute Gasteiger partial charge is 0.339 e. The van der Waals surface area contributed by atoms with Gasteiger partial charge in [-0.25, -0.2) is 4.79 Å². The number of rotatable bonds is 6. The summed E-state index contributed by atoms with van der Waals surface area (Å²) in [5.41, 5.74) is 1.66. The topological polar surface area (TPSA) is 77.5 Å². The molecule has 0 aliphatic rings. The predicted octanol–water partition coefficient (Wildman–Crippen LogP) is 1.85. The average molecular weight is 314 g/mol. The molecular weight excluding hydrogens is 296 g/mol. The van der Waals surface area contributed by atoms with Crippen LogP contribution in [0.1, 0.15) is 26.4 Å². The first kappa shape index (κ1) is 16.5. The van der Waals surface area contributed by atoms with Crippen LogP contribution >= 0.6 is 0 Å². The lowest BCUT2D eigenvalue weighted by molar-refractivity contribution is 0.0599. The minimum absolute atomic E-state index is 0.257. The lowest BCUT2D eigenvalue weighted by Crippen LogP contribution is -2.26. The van der Waals surface area contributed by atoms with Gasteiger partial charge in [-0.3, -0.25) is 9.78 Å². The summed E-state index contributed by atoms with van der Waals surface area (Å²) in [4.78, 5) is 27.2. The van der Waals surface area contributed by atoms with Gasteiger partial charge in [0.05, 0.1) is 19.8 Å². The molecule has 6 heteroatoms. The van der Waals surface area contributed by atoms with E-state index in [1.165, 1.54) is 25.4 Å². The molecule has 0 atom stereocenters. The van der Waals surface area contributed by atoms with Crippen molar-refractivity contribution in [1.29, 1.82) is 0 Å². The zero-order valence-electron chi connectivity index (χ0n) is 13.0. The van der Waals surface area contributed by atoms with Crippen LogP contribution in [0.2, 0.25) is 0 Å². The molecule has 1 amide bonds. The molecule has 1 aromatic carbocycles. The average Bonchev–Trinajstić information content (AvgIpc) is 2.61. The summed E-state index contributed by atoms with van der Waals surface area (Å²) in [6.07, 6.45) is 2.03. The summed E-state index contributed by atoms with van der Waals surface area (Å²) in [5, 5.41) is 2.79. The maximum Gasteiger partial charge on any atom is 0.339 e. The molecule has 0 aliphatic carbocycles. The van der Waals surface area contributed by atoms with Gasteiger partial charge < -0.3 is 14.8 Å². The third-order valence-corrected chi connectivity index (χ3v) is 3.28. The molecule has 1 heterocycles. The Morgan fingerprint density at radius 1 is 1.09 bits per heavy atom. The highest BCUT2D eigenvalue weighted by Gasteiger charge is 2.10. The van der Waals surface area contributed by atoms with E-state index in [1.54, 1.807) is 7.11 Å². The van der Waals surface area contributed by atoms with Crippen molar-refractivity contribution in [2.75, 3.05) is 20.8 Å². The number of amides is 1. The van der Waals surface area contributed by atoms with Crippen LogP contribution < -0.4 is 10.1 Å². The van der Waals surface area contributed by atoms with Gasteiger partial charge in [0.2, 0.25) is 0 Å². The number of carbonyl (C=O) groups excluding carboxylic acids is 2. The number of pyridine rings is 1. The van der Waals surface area contributed by atoms with Gasteiger partial charge in [-0.2, -0.15) is 0 Å². The van der Waals surface area contributed by atoms with E-state index in [2.05, 4.69) is 15.0 Å². The molecule has 0 unspecified atom stereocenters. The second-order valence-corrected chi connectivity index (χ2v) is 4.78.